The number of phenolic OH excluding ortho intramolecular Hbond substituents is 1. The fourth-order valence-electron chi connectivity index (χ4n) is 5.53. The number of hydrogen-bond acceptors (Lipinski definition) is 10. The maximum absolute atomic E-state index is 13.7. The van der Waals surface area contributed by atoms with Crippen LogP contribution in [-0.2, 0) is 20.8 Å². The van der Waals surface area contributed by atoms with Crippen molar-refractivity contribution >= 4 is 28.9 Å². The van der Waals surface area contributed by atoms with Crippen LogP contribution in [0.15, 0.2) is 34.3 Å². The minimum absolute atomic E-state index is 0.0153. The van der Waals surface area contributed by atoms with Crippen LogP contribution in [0, 0.1) is 16.7 Å². The number of benzene rings is 1. The molecule has 12 nitrogen and oxygen atoms in total. The number of carbonyl (C=O) groups is 3. The Bertz CT molecular complexity index is 1220. The molecular weight excluding hydrogens is 448 g/mol. The van der Waals surface area contributed by atoms with E-state index in [1.807, 2.05) is 0 Å². The van der Waals surface area contributed by atoms with Crippen LogP contribution in [0.1, 0.15) is 17.5 Å². The number of carbonyl (C=O) groups excluding carboxylic acids is 3. The molecule has 1 fully saturated rings. The molecule has 34 heavy (non-hydrogen) atoms. The van der Waals surface area contributed by atoms with E-state index in [4.69, 9.17) is 5.73 Å². The second-order valence-corrected chi connectivity index (χ2v) is 9.01. The number of primary amides is 1. The van der Waals surface area contributed by atoms with Gasteiger partial charge in [-0.25, -0.2) is 0 Å². The molecule has 0 bridgehead atoms. The van der Waals surface area contributed by atoms with Gasteiger partial charge in [-0.2, -0.15) is 0 Å². The zero-order chi connectivity index (χ0) is 25.3. The van der Waals surface area contributed by atoms with E-state index in [1.54, 1.807) is 25.1 Å². The van der Waals surface area contributed by atoms with Gasteiger partial charge in [-0.3, -0.25) is 19.4 Å². The van der Waals surface area contributed by atoms with E-state index in [2.05, 4.69) is 5.29 Å². The summed E-state index contributed by atoms with van der Waals surface area (Å²) in [5.74, 6) is -7.79. The van der Waals surface area contributed by atoms with E-state index in [9.17, 15) is 39.7 Å². The summed E-state index contributed by atoms with van der Waals surface area (Å²) in [6.45, 7) is 0. The lowest BCUT2D eigenvalue weighted by molar-refractivity contribution is -0.154. The Kier molecular flexibility index (Phi) is 5.16. The molecule has 1 aromatic rings. The summed E-state index contributed by atoms with van der Waals surface area (Å²) in [5, 5.41) is 47.2. The van der Waals surface area contributed by atoms with Crippen LogP contribution in [0.5, 0.6) is 5.75 Å². The number of likely N-dealkylation sites (N-methyl/N-ethyl adjacent to an activating group) is 1. The summed E-state index contributed by atoms with van der Waals surface area (Å²) in [7, 11) is 4.67. The summed E-state index contributed by atoms with van der Waals surface area (Å²) >= 11 is 0. The van der Waals surface area contributed by atoms with Gasteiger partial charge in [-0.15, -0.1) is 4.91 Å². The highest BCUT2D eigenvalue weighted by Gasteiger charge is 2.64. The van der Waals surface area contributed by atoms with Crippen molar-refractivity contribution in [3.05, 3.63) is 45.1 Å². The van der Waals surface area contributed by atoms with Crippen LogP contribution >= 0.6 is 0 Å². The molecule has 12 heteroatoms. The third-order valence-corrected chi connectivity index (χ3v) is 7.04. The van der Waals surface area contributed by atoms with Gasteiger partial charge in [0.05, 0.1) is 10.8 Å². The summed E-state index contributed by atoms with van der Waals surface area (Å²) in [6.07, 6.45) is 0.0250. The quantitative estimate of drug-likeness (QED) is 0.227. The molecular formula is C22H24N4O8. The number of nitroso groups, excluding NO2 is 1. The number of nitrogens with zero attached hydrogens (tertiary/aromatic N) is 3. The van der Waals surface area contributed by atoms with Crippen LogP contribution < -0.4 is 10.6 Å². The highest BCUT2D eigenvalue weighted by molar-refractivity contribution is 6.24. The standard InChI is InChI=1S/C22H24N4O8/c1-25(2)11-4-5-12(27)14-9(11)6-8-7-10-16(26(3)24-34)18(29)15(21(23)32)20(31)22(10,33)19(30)13(8)17(14)28/h4-5,8,10,16,27-28,31,33H,6-7H2,1-3H3,(H2,23,32)/t8-,10-,16-,22-/m0/s1. The Hall–Kier alpha value is -3.93. The highest BCUT2D eigenvalue weighted by atomic mass is 16.3. The van der Waals surface area contributed by atoms with Crippen LogP contribution in [0.4, 0.5) is 5.69 Å². The zero-order valence-electron chi connectivity index (χ0n) is 18.6. The fraction of sp³-hybridized carbons (Fsp3) is 0.409. The summed E-state index contributed by atoms with van der Waals surface area (Å²) in [5.41, 5.74) is 2.38. The Labute approximate surface area is 193 Å². The third kappa shape index (κ3) is 2.84. The van der Waals surface area contributed by atoms with Gasteiger partial charge in [0.25, 0.3) is 5.91 Å². The van der Waals surface area contributed by atoms with Crippen LogP contribution in [0.3, 0.4) is 0 Å². The number of amides is 1. The van der Waals surface area contributed by atoms with E-state index < -0.39 is 58.0 Å². The van der Waals surface area contributed by atoms with E-state index in [1.165, 1.54) is 6.07 Å². The van der Waals surface area contributed by atoms with Crippen molar-refractivity contribution in [2.75, 3.05) is 26.0 Å². The van der Waals surface area contributed by atoms with E-state index in [0.717, 1.165) is 7.05 Å². The summed E-state index contributed by atoms with van der Waals surface area (Å²) < 4.78 is 0. The highest BCUT2D eigenvalue weighted by Crippen LogP contribution is 2.53. The van der Waals surface area contributed by atoms with Crippen molar-refractivity contribution in [1.82, 2.24) is 5.01 Å². The number of fused-ring (bicyclic) bond motifs is 3. The first kappa shape index (κ1) is 23.2. The number of ketones is 2. The lowest BCUT2D eigenvalue weighted by Gasteiger charge is -2.49. The van der Waals surface area contributed by atoms with Crippen molar-refractivity contribution in [2.45, 2.75) is 24.5 Å². The van der Waals surface area contributed by atoms with E-state index >= 15 is 0 Å². The number of rotatable bonds is 4. The van der Waals surface area contributed by atoms with Gasteiger partial charge >= 0.3 is 0 Å². The molecule has 0 aromatic heterocycles. The number of Topliss-reactive ketones (excluding diaryl/α,β-unsaturated/α-hetero) is 2. The molecule has 6 N–H and O–H groups in total. The first-order chi connectivity index (χ1) is 15.9. The lowest BCUT2D eigenvalue weighted by atomic mass is 9.57. The van der Waals surface area contributed by atoms with Gasteiger partial charge < -0.3 is 31.1 Å². The molecule has 4 rings (SSSR count). The van der Waals surface area contributed by atoms with Crippen LogP contribution in [0.2, 0.25) is 0 Å². The largest absolute Gasteiger partial charge is 0.508 e. The molecule has 180 valence electrons. The molecule has 3 aliphatic rings. The first-order valence-corrected chi connectivity index (χ1v) is 10.4. The maximum atomic E-state index is 13.7. The normalized spacial score (nSPS) is 28.2. The Morgan fingerprint density at radius 3 is 2.38 bits per heavy atom. The average Bonchev–Trinajstić information content (AvgIpc) is 2.75. The minimum Gasteiger partial charge on any atom is -0.508 e. The average molecular weight is 472 g/mol. The predicted octanol–water partition coefficient (Wildman–Crippen LogP) is 0.0816. The third-order valence-electron chi connectivity index (χ3n) is 7.04. The summed E-state index contributed by atoms with van der Waals surface area (Å²) in [4.78, 5) is 51.7. The molecule has 0 radical (unpaired) electrons. The van der Waals surface area contributed by atoms with Gasteiger partial charge in [0.15, 0.2) is 11.4 Å². The molecule has 0 aliphatic heterocycles. The molecule has 0 saturated heterocycles. The number of phenols is 1. The van der Waals surface area contributed by atoms with E-state index in [0.29, 0.717) is 16.3 Å². The number of hydrogen-bond donors (Lipinski definition) is 5. The van der Waals surface area contributed by atoms with Crippen molar-refractivity contribution in [3.63, 3.8) is 0 Å². The molecule has 1 amide bonds. The van der Waals surface area contributed by atoms with Crippen molar-refractivity contribution in [2.24, 2.45) is 22.9 Å². The second-order valence-electron chi connectivity index (χ2n) is 9.01. The van der Waals surface area contributed by atoms with Gasteiger partial charge in [0, 0.05) is 38.3 Å². The van der Waals surface area contributed by atoms with Gasteiger partial charge in [0.1, 0.15) is 28.9 Å². The molecule has 3 aliphatic carbocycles. The Morgan fingerprint density at radius 1 is 1.18 bits per heavy atom. The fourth-order valence-corrected chi connectivity index (χ4v) is 5.53. The number of aliphatic hydroxyl groups excluding tert-OH is 2. The van der Waals surface area contributed by atoms with Crippen LogP contribution in [0.25, 0.3) is 5.76 Å². The Balaban J connectivity index is 2.00. The SMILES string of the molecule is CN(C)c1ccc(O)c2c1C[C@H]1C[C@H]3[C@H](N(C)N=O)C(=O)C(C(N)=O)=C(O)[C@@]3(O)C(=O)C1=C2O. The van der Waals surface area contributed by atoms with Crippen molar-refractivity contribution in [1.29, 1.82) is 0 Å². The number of aromatic hydroxyl groups is 1. The maximum Gasteiger partial charge on any atom is 0.255 e. The van der Waals surface area contributed by atoms with Crippen molar-refractivity contribution < 1.29 is 34.8 Å². The molecule has 0 spiro atoms. The molecule has 0 unspecified atom stereocenters. The predicted molar refractivity (Wildman–Crippen MR) is 118 cm³/mol. The topological polar surface area (TPSA) is 194 Å². The van der Waals surface area contributed by atoms with Gasteiger partial charge in [-0.1, -0.05) is 0 Å². The molecule has 1 saturated carbocycles. The van der Waals surface area contributed by atoms with Crippen molar-refractivity contribution in [3.8, 4) is 5.75 Å². The molecule has 0 heterocycles. The second kappa shape index (κ2) is 7.55. The number of anilines is 1. The summed E-state index contributed by atoms with van der Waals surface area (Å²) in [6, 6.07) is 1.45. The van der Waals surface area contributed by atoms with E-state index in [-0.39, 0.29) is 29.7 Å². The van der Waals surface area contributed by atoms with Gasteiger partial charge in [0.2, 0.25) is 5.78 Å². The lowest BCUT2D eigenvalue weighted by Crippen LogP contribution is -2.65. The molecule has 4 atom stereocenters. The smallest absolute Gasteiger partial charge is 0.255 e. The number of aliphatic hydroxyl groups is 3. The first-order valence-electron chi connectivity index (χ1n) is 10.4. The minimum atomic E-state index is -2.83. The monoisotopic (exact) mass is 472 g/mol. The van der Waals surface area contributed by atoms with Gasteiger partial charge in [-0.05, 0) is 36.5 Å². The Morgan fingerprint density at radius 2 is 1.82 bits per heavy atom. The zero-order valence-corrected chi connectivity index (χ0v) is 18.6. The number of nitrogens with two attached hydrogens (primary N) is 1. The van der Waals surface area contributed by atoms with Crippen LogP contribution in [-0.4, -0.2) is 75.7 Å². The molecule has 1 aromatic carbocycles.